The molecule has 0 unspecified atom stereocenters. The molecule has 2 rings (SSSR count). The monoisotopic (exact) mass is 297 g/mol. The van der Waals surface area contributed by atoms with Crippen LogP contribution in [0.5, 0.6) is 0 Å². The van der Waals surface area contributed by atoms with Gasteiger partial charge in [-0.2, -0.15) is 0 Å². The number of carbonyl (C=O) groups excluding carboxylic acids is 2. The Morgan fingerprint density at radius 3 is 2.86 bits per heavy atom. The fraction of sp³-hybridized carbons (Fsp3) is 0.867. The molecule has 2 amide bonds. The van der Waals surface area contributed by atoms with Crippen molar-refractivity contribution in [1.82, 2.24) is 15.1 Å². The van der Waals surface area contributed by atoms with Crippen LogP contribution in [0.1, 0.15) is 33.1 Å². The van der Waals surface area contributed by atoms with Gasteiger partial charge in [0.25, 0.3) is 0 Å². The van der Waals surface area contributed by atoms with E-state index in [-0.39, 0.29) is 17.4 Å². The molecule has 0 spiro atoms. The molecule has 0 atom stereocenters. The molecule has 120 valence electrons. The molecule has 6 nitrogen and oxygen atoms in total. The molecule has 0 aromatic rings. The van der Waals surface area contributed by atoms with Gasteiger partial charge in [0.2, 0.25) is 11.8 Å². The smallest absolute Gasteiger partial charge is 0.234 e. The first-order valence-corrected chi connectivity index (χ1v) is 7.87. The highest BCUT2D eigenvalue weighted by Gasteiger charge is 2.28. The fourth-order valence-corrected chi connectivity index (χ4v) is 2.95. The number of nitrogens with one attached hydrogen (secondary N) is 1. The Kier molecular flexibility index (Phi) is 5.58. The van der Waals surface area contributed by atoms with Gasteiger partial charge in [0.05, 0.1) is 18.8 Å². The lowest BCUT2D eigenvalue weighted by Crippen LogP contribution is -2.51. The lowest BCUT2D eigenvalue weighted by molar-refractivity contribution is -0.127. The topological polar surface area (TPSA) is 61.9 Å². The SMILES string of the molecule is CC1(C)CN(CC(=O)NCCCN2CCCC2=O)CCO1. The summed E-state index contributed by atoms with van der Waals surface area (Å²) in [5.41, 5.74) is -0.172. The summed E-state index contributed by atoms with van der Waals surface area (Å²) >= 11 is 0. The van der Waals surface area contributed by atoms with E-state index in [4.69, 9.17) is 4.74 Å². The third-order valence-electron chi connectivity index (χ3n) is 3.97. The Balaban J connectivity index is 1.58. The Hall–Kier alpha value is -1.14. The molecule has 2 fully saturated rings. The van der Waals surface area contributed by atoms with Gasteiger partial charge in [0.15, 0.2) is 0 Å². The first-order chi connectivity index (χ1) is 9.96. The summed E-state index contributed by atoms with van der Waals surface area (Å²) in [5.74, 6) is 0.303. The Morgan fingerprint density at radius 1 is 1.38 bits per heavy atom. The van der Waals surface area contributed by atoms with Crippen molar-refractivity contribution in [3.8, 4) is 0 Å². The van der Waals surface area contributed by atoms with Crippen LogP contribution in [-0.4, -0.2) is 73.1 Å². The highest BCUT2D eigenvalue weighted by atomic mass is 16.5. The van der Waals surface area contributed by atoms with Crippen molar-refractivity contribution in [2.45, 2.75) is 38.7 Å². The Bertz CT molecular complexity index is 384. The molecular weight excluding hydrogens is 270 g/mol. The van der Waals surface area contributed by atoms with Crippen molar-refractivity contribution < 1.29 is 14.3 Å². The zero-order valence-electron chi connectivity index (χ0n) is 13.2. The van der Waals surface area contributed by atoms with Crippen molar-refractivity contribution in [3.63, 3.8) is 0 Å². The highest BCUT2D eigenvalue weighted by Crippen LogP contribution is 2.15. The summed E-state index contributed by atoms with van der Waals surface area (Å²) in [6.45, 7) is 9.04. The first-order valence-electron chi connectivity index (χ1n) is 7.87. The molecule has 0 aromatic heterocycles. The average Bonchev–Trinajstić information content (AvgIpc) is 2.79. The summed E-state index contributed by atoms with van der Waals surface area (Å²) in [4.78, 5) is 27.4. The second-order valence-corrected chi connectivity index (χ2v) is 6.51. The zero-order chi connectivity index (χ0) is 15.3. The molecule has 0 bridgehead atoms. The maximum Gasteiger partial charge on any atom is 0.234 e. The largest absolute Gasteiger partial charge is 0.373 e. The van der Waals surface area contributed by atoms with Crippen LogP contribution in [0.3, 0.4) is 0 Å². The molecule has 0 saturated carbocycles. The number of likely N-dealkylation sites (tertiary alicyclic amines) is 1. The minimum absolute atomic E-state index is 0.0560. The molecule has 6 heteroatoms. The second-order valence-electron chi connectivity index (χ2n) is 6.51. The van der Waals surface area contributed by atoms with Crippen molar-refractivity contribution in [1.29, 1.82) is 0 Å². The highest BCUT2D eigenvalue weighted by molar-refractivity contribution is 5.78. The van der Waals surface area contributed by atoms with E-state index in [1.807, 2.05) is 18.7 Å². The lowest BCUT2D eigenvalue weighted by Gasteiger charge is -2.37. The van der Waals surface area contributed by atoms with Crippen LogP contribution >= 0.6 is 0 Å². The van der Waals surface area contributed by atoms with Crippen molar-refractivity contribution in [2.24, 2.45) is 0 Å². The number of ether oxygens (including phenoxy) is 1. The van der Waals surface area contributed by atoms with E-state index in [2.05, 4.69) is 10.2 Å². The van der Waals surface area contributed by atoms with Gasteiger partial charge in [-0.15, -0.1) is 0 Å². The van der Waals surface area contributed by atoms with Crippen LogP contribution < -0.4 is 5.32 Å². The zero-order valence-corrected chi connectivity index (χ0v) is 13.2. The van der Waals surface area contributed by atoms with E-state index in [1.165, 1.54) is 0 Å². The van der Waals surface area contributed by atoms with Crippen molar-refractivity contribution in [3.05, 3.63) is 0 Å². The molecule has 0 radical (unpaired) electrons. The van der Waals surface area contributed by atoms with Gasteiger partial charge < -0.3 is 15.0 Å². The van der Waals surface area contributed by atoms with E-state index < -0.39 is 0 Å². The molecule has 2 aliphatic rings. The van der Waals surface area contributed by atoms with E-state index in [1.54, 1.807) is 0 Å². The van der Waals surface area contributed by atoms with Gasteiger partial charge in [-0.3, -0.25) is 14.5 Å². The molecule has 0 aliphatic carbocycles. The summed E-state index contributed by atoms with van der Waals surface area (Å²) in [7, 11) is 0. The number of nitrogens with zero attached hydrogens (tertiary/aromatic N) is 2. The average molecular weight is 297 g/mol. The third-order valence-corrected chi connectivity index (χ3v) is 3.97. The van der Waals surface area contributed by atoms with Gasteiger partial charge >= 0.3 is 0 Å². The molecule has 2 aliphatic heterocycles. The Morgan fingerprint density at radius 2 is 2.19 bits per heavy atom. The number of hydrogen-bond donors (Lipinski definition) is 1. The quantitative estimate of drug-likeness (QED) is 0.713. The summed E-state index contributed by atoms with van der Waals surface area (Å²) in [6, 6.07) is 0. The predicted octanol–water partition coefficient (Wildman–Crippen LogP) is 0.226. The van der Waals surface area contributed by atoms with Gasteiger partial charge in [0, 0.05) is 39.1 Å². The minimum Gasteiger partial charge on any atom is -0.373 e. The molecule has 2 saturated heterocycles. The maximum absolute atomic E-state index is 11.9. The molecular formula is C15H27N3O3. The first kappa shape index (κ1) is 16.2. The summed E-state index contributed by atoms with van der Waals surface area (Å²) in [5, 5.41) is 2.94. The third kappa shape index (κ3) is 5.28. The van der Waals surface area contributed by atoms with Gasteiger partial charge in [0.1, 0.15) is 0 Å². The molecule has 21 heavy (non-hydrogen) atoms. The van der Waals surface area contributed by atoms with Crippen LogP contribution in [0, 0.1) is 0 Å². The lowest BCUT2D eigenvalue weighted by atomic mass is 10.1. The van der Waals surface area contributed by atoms with Gasteiger partial charge in [-0.1, -0.05) is 0 Å². The van der Waals surface area contributed by atoms with Crippen LogP contribution in [0.4, 0.5) is 0 Å². The van der Waals surface area contributed by atoms with Crippen LogP contribution in [-0.2, 0) is 14.3 Å². The number of rotatable bonds is 6. The van der Waals surface area contributed by atoms with E-state index >= 15 is 0 Å². The normalized spacial score (nSPS) is 22.6. The predicted molar refractivity (Wildman–Crippen MR) is 79.9 cm³/mol. The second kappa shape index (κ2) is 7.22. The van der Waals surface area contributed by atoms with Crippen LogP contribution in [0.25, 0.3) is 0 Å². The van der Waals surface area contributed by atoms with Crippen molar-refractivity contribution >= 4 is 11.8 Å². The fourth-order valence-electron chi connectivity index (χ4n) is 2.95. The number of carbonyl (C=O) groups is 2. The van der Waals surface area contributed by atoms with E-state index in [0.717, 1.165) is 39.0 Å². The Labute approximate surface area is 126 Å². The van der Waals surface area contributed by atoms with E-state index in [9.17, 15) is 9.59 Å². The van der Waals surface area contributed by atoms with Gasteiger partial charge in [-0.05, 0) is 26.7 Å². The summed E-state index contributed by atoms with van der Waals surface area (Å²) < 4.78 is 5.63. The summed E-state index contributed by atoms with van der Waals surface area (Å²) in [6.07, 6.45) is 2.48. The molecule has 2 heterocycles. The standard InChI is InChI=1S/C15H27N3O3/c1-15(2)12-17(9-10-21-15)11-13(19)16-6-4-8-18-7-3-5-14(18)20/h3-12H2,1-2H3,(H,16,19). The number of morpholine rings is 1. The van der Waals surface area contributed by atoms with Gasteiger partial charge in [-0.25, -0.2) is 0 Å². The molecule has 1 N–H and O–H groups in total. The minimum atomic E-state index is -0.172. The molecule has 0 aromatic carbocycles. The number of amides is 2. The van der Waals surface area contributed by atoms with Crippen molar-refractivity contribution in [2.75, 3.05) is 45.9 Å². The number of hydrogen-bond acceptors (Lipinski definition) is 4. The maximum atomic E-state index is 11.9. The van der Waals surface area contributed by atoms with Crippen LogP contribution in [0.15, 0.2) is 0 Å². The van der Waals surface area contributed by atoms with E-state index in [0.29, 0.717) is 26.1 Å². The van der Waals surface area contributed by atoms with Crippen LogP contribution in [0.2, 0.25) is 0 Å².